The molecule has 0 saturated heterocycles. The van der Waals surface area contributed by atoms with Crippen molar-refractivity contribution in [3.8, 4) is 0 Å². The number of tetrazole rings is 1. The number of hydrogen-bond acceptors (Lipinski definition) is 3. The Morgan fingerprint density at radius 1 is 1.12 bits per heavy atom. The Labute approximate surface area is 102 Å². The zero-order valence-corrected chi connectivity index (χ0v) is 10.2. The molecule has 0 saturated carbocycles. The first-order chi connectivity index (χ1) is 8.40. The van der Waals surface area contributed by atoms with Gasteiger partial charge in [-0.3, -0.25) is 0 Å². The zero-order chi connectivity index (χ0) is 11.9. The topological polar surface area (TPSA) is 43.6 Å². The monoisotopic (exact) mass is 230 g/mol. The third kappa shape index (κ3) is 3.37. The second kappa shape index (κ2) is 6.13. The van der Waals surface area contributed by atoms with Crippen molar-refractivity contribution in [3.63, 3.8) is 0 Å². The van der Waals surface area contributed by atoms with Gasteiger partial charge in [0.05, 0.1) is 0 Å². The fourth-order valence-electron chi connectivity index (χ4n) is 1.88. The van der Waals surface area contributed by atoms with E-state index >= 15 is 0 Å². The molecule has 90 valence electrons. The molecule has 0 amide bonds. The Kier molecular flexibility index (Phi) is 4.24. The van der Waals surface area contributed by atoms with Crippen LogP contribution < -0.4 is 0 Å². The molecule has 0 N–H and O–H groups in total. The Morgan fingerprint density at radius 2 is 1.94 bits per heavy atom. The van der Waals surface area contributed by atoms with Gasteiger partial charge < -0.3 is 0 Å². The van der Waals surface area contributed by atoms with E-state index in [4.69, 9.17) is 0 Å². The SMILES string of the molecule is CCCn1nnnc1CCCc1ccccc1. The van der Waals surface area contributed by atoms with Crippen LogP contribution in [0.5, 0.6) is 0 Å². The van der Waals surface area contributed by atoms with Gasteiger partial charge in [-0.1, -0.05) is 37.3 Å². The van der Waals surface area contributed by atoms with Crippen LogP contribution in [0.4, 0.5) is 0 Å². The van der Waals surface area contributed by atoms with Crippen molar-refractivity contribution in [2.24, 2.45) is 0 Å². The Morgan fingerprint density at radius 3 is 2.71 bits per heavy atom. The summed E-state index contributed by atoms with van der Waals surface area (Å²) >= 11 is 0. The van der Waals surface area contributed by atoms with Crippen molar-refractivity contribution in [1.82, 2.24) is 20.2 Å². The molecule has 2 aromatic rings. The average molecular weight is 230 g/mol. The predicted molar refractivity (Wildman–Crippen MR) is 66.6 cm³/mol. The molecule has 0 radical (unpaired) electrons. The number of aryl methyl sites for hydroxylation is 3. The van der Waals surface area contributed by atoms with Crippen LogP contribution in [0.15, 0.2) is 30.3 Å². The molecular weight excluding hydrogens is 212 g/mol. The van der Waals surface area contributed by atoms with Crippen molar-refractivity contribution >= 4 is 0 Å². The summed E-state index contributed by atoms with van der Waals surface area (Å²) in [6, 6.07) is 10.5. The van der Waals surface area contributed by atoms with Crippen LogP contribution >= 0.6 is 0 Å². The number of rotatable bonds is 6. The van der Waals surface area contributed by atoms with Crippen LogP contribution in [0, 0.1) is 0 Å². The fraction of sp³-hybridized carbons (Fsp3) is 0.462. The largest absolute Gasteiger partial charge is 0.230 e. The third-order valence-electron chi connectivity index (χ3n) is 2.75. The zero-order valence-electron chi connectivity index (χ0n) is 10.2. The van der Waals surface area contributed by atoms with E-state index in [0.717, 1.165) is 38.1 Å². The lowest BCUT2D eigenvalue weighted by molar-refractivity contribution is 0.549. The van der Waals surface area contributed by atoms with Gasteiger partial charge in [0.2, 0.25) is 0 Å². The van der Waals surface area contributed by atoms with Crippen molar-refractivity contribution in [2.45, 2.75) is 39.2 Å². The second-order valence-corrected chi connectivity index (χ2v) is 4.16. The summed E-state index contributed by atoms with van der Waals surface area (Å²) in [5.41, 5.74) is 1.38. The number of aromatic nitrogens is 4. The maximum absolute atomic E-state index is 4.07. The van der Waals surface area contributed by atoms with Gasteiger partial charge >= 0.3 is 0 Å². The first-order valence-electron chi connectivity index (χ1n) is 6.19. The van der Waals surface area contributed by atoms with E-state index in [1.807, 2.05) is 10.7 Å². The minimum Gasteiger partial charge on any atom is -0.230 e. The summed E-state index contributed by atoms with van der Waals surface area (Å²) in [5.74, 6) is 1.00. The maximum atomic E-state index is 4.07. The van der Waals surface area contributed by atoms with E-state index in [0.29, 0.717) is 0 Å². The van der Waals surface area contributed by atoms with Gasteiger partial charge in [0.15, 0.2) is 5.82 Å². The Bertz CT molecular complexity index is 436. The third-order valence-corrected chi connectivity index (χ3v) is 2.75. The highest BCUT2D eigenvalue weighted by Gasteiger charge is 2.04. The Balaban J connectivity index is 1.84. The molecule has 4 nitrogen and oxygen atoms in total. The quantitative estimate of drug-likeness (QED) is 0.764. The Hall–Kier alpha value is -1.71. The lowest BCUT2D eigenvalue weighted by Gasteiger charge is -2.03. The highest BCUT2D eigenvalue weighted by molar-refractivity contribution is 5.14. The minimum atomic E-state index is 0.910. The molecule has 17 heavy (non-hydrogen) atoms. The molecule has 1 aromatic heterocycles. The highest BCUT2D eigenvalue weighted by atomic mass is 15.5. The van der Waals surface area contributed by atoms with E-state index in [2.05, 4.69) is 46.7 Å². The molecule has 0 aliphatic carbocycles. The van der Waals surface area contributed by atoms with E-state index in [9.17, 15) is 0 Å². The first-order valence-corrected chi connectivity index (χ1v) is 6.19. The molecule has 4 heteroatoms. The summed E-state index contributed by atoms with van der Waals surface area (Å²) in [7, 11) is 0. The number of nitrogens with zero attached hydrogens (tertiary/aromatic N) is 4. The van der Waals surface area contributed by atoms with Crippen LogP contribution in [-0.2, 0) is 19.4 Å². The first kappa shape index (κ1) is 11.8. The standard InChI is InChI=1S/C13H18N4/c1-2-11-17-13(14-15-16-17)10-6-9-12-7-4-3-5-8-12/h3-5,7-8H,2,6,9-11H2,1H3. The van der Waals surface area contributed by atoms with Crippen LogP contribution in [0.1, 0.15) is 31.2 Å². The van der Waals surface area contributed by atoms with Crippen LogP contribution in [0.3, 0.4) is 0 Å². The smallest absolute Gasteiger partial charge is 0.151 e. The van der Waals surface area contributed by atoms with Gasteiger partial charge in [-0.25, -0.2) is 4.68 Å². The molecule has 0 bridgehead atoms. The summed E-state index contributed by atoms with van der Waals surface area (Å²) < 4.78 is 1.91. The van der Waals surface area contributed by atoms with Gasteiger partial charge in [0, 0.05) is 13.0 Å². The molecule has 0 aliphatic rings. The molecular formula is C13H18N4. The van der Waals surface area contributed by atoms with E-state index in [1.165, 1.54) is 5.56 Å². The number of hydrogen-bond donors (Lipinski definition) is 0. The minimum absolute atomic E-state index is 0.910. The van der Waals surface area contributed by atoms with Crippen molar-refractivity contribution in [1.29, 1.82) is 0 Å². The average Bonchev–Trinajstić information content (AvgIpc) is 2.79. The van der Waals surface area contributed by atoms with Crippen LogP contribution in [-0.4, -0.2) is 20.2 Å². The van der Waals surface area contributed by atoms with E-state index < -0.39 is 0 Å². The summed E-state index contributed by atoms with van der Waals surface area (Å²) in [4.78, 5) is 0. The predicted octanol–water partition coefficient (Wildman–Crippen LogP) is 2.26. The molecule has 0 fully saturated rings. The van der Waals surface area contributed by atoms with Crippen molar-refractivity contribution < 1.29 is 0 Å². The summed E-state index contributed by atoms with van der Waals surface area (Å²) in [6.45, 7) is 3.04. The summed E-state index contributed by atoms with van der Waals surface area (Å²) in [5, 5.41) is 11.8. The van der Waals surface area contributed by atoms with Crippen LogP contribution in [0.25, 0.3) is 0 Å². The maximum Gasteiger partial charge on any atom is 0.151 e. The molecule has 0 spiro atoms. The van der Waals surface area contributed by atoms with Crippen molar-refractivity contribution in [2.75, 3.05) is 0 Å². The van der Waals surface area contributed by atoms with E-state index in [1.54, 1.807) is 0 Å². The van der Waals surface area contributed by atoms with E-state index in [-0.39, 0.29) is 0 Å². The lowest BCUT2D eigenvalue weighted by atomic mass is 10.1. The number of benzene rings is 1. The van der Waals surface area contributed by atoms with Gasteiger partial charge in [-0.2, -0.15) is 0 Å². The van der Waals surface area contributed by atoms with Gasteiger partial charge in [-0.15, -0.1) is 5.10 Å². The molecule has 0 atom stereocenters. The van der Waals surface area contributed by atoms with Gasteiger partial charge in [0.1, 0.15) is 0 Å². The summed E-state index contributed by atoms with van der Waals surface area (Å²) in [6.07, 6.45) is 4.19. The normalized spacial score (nSPS) is 10.6. The van der Waals surface area contributed by atoms with Gasteiger partial charge in [0.25, 0.3) is 0 Å². The molecule has 0 aliphatic heterocycles. The molecule has 1 aromatic carbocycles. The van der Waals surface area contributed by atoms with Crippen LogP contribution in [0.2, 0.25) is 0 Å². The molecule has 1 heterocycles. The molecule has 0 unspecified atom stereocenters. The second-order valence-electron chi connectivity index (χ2n) is 4.16. The van der Waals surface area contributed by atoms with Crippen molar-refractivity contribution in [3.05, 3.63) is 41.7 Å². The highest BCUT2D eigenvalue weighted by Crippen LogP contribution is 2.06. The molecule has 2 rings (SSSR count). The lowest BCUT2D eigenvalue weighted by Crippen LogP contribution is -2.05. The fourth-order valence-corrected chi connectivity index (χ4v) is 1.88. The van der Waals surface area contributed by atoms with Gasteiger partial charge in [-0.05, 0) is 35.3 Å².